The molecule has 1 unspecified atom stereocenters. The van der Waals surface area contributed by atoms with Crippen molar-refractivity contribution in [2.45, 2.75) is 32.8 Å². The van der Waals surface area contributed by atoms with E-state index in [0.29, 0.717) is 6.42 Å². The molecule has 2 rings (SSSR count). The summed E-state index contributed by atoms with van der Waals surface area (Å²) in [5.41, 5.74) is 0.583. The first-order valence-electron chi connectivity index (χ1n) is 7.12. The SMILES string of the molecule is COc1ccc(C(O)(CC(C)(C)C)c2cccnc2)cc1. The number of hydrogen-bond acceptors (Lipinski definition) is 3. The molecular weight excluding hydrogens is 262 g/mol. The van der Waals surface area contributed by atoms with E-state index in [2.05, 4.69) is 25.8 Å². The summed E-state index contributed by atoms with van der Waals surface area (Å²) in [6, 6.07) is 11.4. The van der Waals surface area contributed by atoms with E-state index in [4.69, 9.17) is 4.74 Å². The van der Waals surface area contributed by atoms with Gasteiger partial charge in [0, 0.05) is 18.0 Å². The Morgan fingerprint density at radius 2 is 1.71 bits per heavy atom. The molecule has 1 atom stereocenters. The molecule has 1 aromatic carbocycles. The van der Waals surface area contributed by atoms with Crippen molar-refractivity contribution in [2.75, 3.05) is 7.11 Å². The summed E-state index contributed by atoms with van der Waals surface area (Å²) < 4.78 is 5.19. The minimum absolute atomic E-state index is 0.0233. The minimum Gasteiger partial charge on any atom is -0.497 e. The van der Waals surface area contributed by atoms with Gasteiger partial charge >= 0.3 is 0 Å². The topological polar surface area (TPSA) is 42.4 Å². The normalized spacial score (nSPS) is 14.5. The molecule has 2 aromatic rings. The Morgan fingerprint density at radius 3 is 2.19 bits per heavy atom. The third kappa shape index (κ3) is 3.61. The summed E-state index contributed by atoms with van der Waals surface area (Å²) in [6.07, 6.45) is 4.06. The van der Waals surface area contributed by atoms with E-state index in [-0.39, 0.29) is 5.41 Å². The molecule has 112 valence electrons. The van der Waals surface area contributed by atoms with Gasteiger partial charge in [-0.3, -0.25) is 4.98 Å². The van der Waals surface area contributed by atoms with Crippen LogP contribution in [0.2, 0.25) is 0 Å². The van der Waals surface area contributed by atoms with E-state index in [1.807, 2.05) is 36.4 Å². The Balaban J connectivity index is 2.49. The molecule has 0 aliphatic heterocycles. The molecule has 1 heterocycles. The fraction of sp³-hybridized carbons (Fsp3) is 0.389. The number of rotatable bonds is 4. The summed E-state index contributed by atoms with van der Waals surface area (Å²) in [4.78, 5) is 4.16. The standard InChI is InChI=1S/C18H23NO2/c1-17(2,3)13-18(20,15-6-5-11-19-12-15)14-7-9-16(21-4)10-8-14/h5-12,20H,13H2,1-4H3. The van der Waals surface area contributed by atoms with Crippen LogP contribution in [0.1, 0.15) is 38.3 Å². The second-order valence-corrected chi connectivity index (χ2v) is 6.57. The van der Waals surface area contributed by atoms with Crippen LogP contribution in [-0.4, -0.2) is 17.2 Å². The highest BCUT2D eigenvalue weighted by molar-refractivity contribution is 5.38. The van der Waals surface area contributed by atoms with E-state index in [1.54, 1.807) is 19.5 Å². The van der Waals surface area contributed by atoms with Crippen LogP contribution in [0.25, 0.3) is 0 Å². The molecule has 1 aromatic heterocycles. The summed E-state index contributed by atoms with van der Waals surface area (Å²) in [7, 11) is 1.64. The Kier molecular flexibility index (Phi) is 4.33. The smallest absolute Gasteiger partial charge is 0.118 e. The molecule has 0 saturated carbocycles. The van der Waals surface area contributed by atoms with Crippen LogP contribution in [-0.2, 0) is 5.60 Å². The molecule has 3 nitrogen and oxygen atoms in total. The molecule has 0 aliphatic rings. The van der Waals surface area contributed by atoms with Gasteiger partial charge in [0.2, 0.25) is 0 Å². The fourth-order valence-corrected chi connectivity index (χ4v) is 2.61. The molecule has 21 heavy (non-hydrogen) atoms. The highest BCUT2D eigenvalue weighted by Gasteiger charge is 2.36. The summed E-state index contributed by atoms with van der Waals surface area (Å²) in [5.74, 6) is 0.781. The number of methoxy groups -OCH3 is 1. The van der Waals surface area contributed by atoms with E-state index in [9.17, 15) is 5.11 Å². The molecule has 3 heteroatoms. The number of aliphatic hydroxyl groups is 1. The van der Waals surface area contributed by atoms with Crippen molar-refractivity contribution in [1.29, 1.82) is 0 Å². The molecule has 0 amide bonds. The largest absolute Gasteiger partial charge is 0.497 e. The third-order valence-electron chi connectivity index (χ3n) is 3.49. The number of benzene rings is 1. The first-order chi connectivity index (χ1) is 9.85. The molecule has 0 radical (unpaired) electrons. The minimum atomic E-state index is -1.06. The lowest BCUT2D eigenvalue weighted by molar-refractivity contribution is 0.0358. The Bertz CT molecular complexity index is 572. The predicted octanol–water partition coefficient (Wildman–Crippen LogP) is 3.76. The van der Waals surface area contributed by atoms with E-state index < -0.39 is 5.60 Å². The zero-order valence-electron chi connectivity index (χ0n) is 13.1. The predicted molar refractivity (Wildman–Crippen MR) is 84.3 cm³/mol. The maximum atomic E-state index is 11.4. The van der Waals surface area contributed by atoms with Crippen LogP contribution in [0.4, 0.5) is 0 Å². The van der Waals surface area contributed by atoms with Gasteiger partial charge in [-0.15, -0.1) is 0 Å². The molecule has 1 N–H and O–H groups in total. The van der Waals surface area contributed by atoms with Crippen molar-refractivity contribution in [2.24, 2.45) is 5.41 Å². The van der Waals surface area contributed by atoms with Crippen LogP contribution >= 0.6 is 0 Å². The van der Waals surface area contributed by atoms with Crippen LogP contribution in [0, 0.1) is 5.41 Å². The fourth-order valence-electron chi connectivity index (χ4n) is 2.61. The van der Waals surface area contributed by atoms with Crippen LogP contribution < -0.4 is 4.74 Å². The Labute approximate surface area is 126 Å². The summed E-state index contributed by atoms with van der Waals surface area (Å²) >= 11 is 0. The van der Waals surface area contributed by atoms with Crippen molar-refractivity contribution < 1.29 is 9.84 Å². The van der Waals surface area contributed by atoms with Crippen molar-refractivity contribution >= 4 is 0 Å². The maximum Gasteiger partial charge on any atom is 0.118 e. The molecule has 0 saturated heterocycles. The van der Waals surface area contributed by atoms with Gasteiger partial charge in [0.15, 0.2) is 0 Å². The zero-order chi connectivity index (χ0) is 15.5. The van der Waals surface area contributed by atoms with Crippen molar-refractivity contribution in [1.82, 2.24) is 4.98 Å². The van der Waals surface area contributed by atoms with Gasteiger partial charge in [0.25, 0.3) is 0 Å². The van der Waals surface area contributed by atoms with Crippen LogP contribution in [0.15, 0.2) is 48.8 Å². The Morgan fingerprint density at radius 1 is 1.05 bits per heavy atom. The van der Waals surface area contributed by atoms with Crippen molar-refractivity contribution in [3.63, 3.8) is 0 Å². The number of pyridine rings is 1. The van der Waals surface area contributed by atoms with Crippen molar-refractivity contribution in [3.05, 3.63) is 59.9 Å². The average Bonchev–Trinajstić information content (AvgIpc) is 2.46. The molecule has 0 aliphatic carbocycles. The van der Waals surface area contributed by atoms with Gasteiger partial charge in [-0.1, -0.05) is 39.0 Å². The molecule has 0 fully saturated rings. The van der Waals surface area contributed by atoms with Gasteiger partial charge in [-0.2, -0.15) is 0 Å². The van der Waals surface area contributed by atoms with Crippen LogP contribution in [0.3, 0.4) is 0 Å². The zero-order valence-corrected chi connectivity index (χ0v) is 13.1. The van der Waals surface area contributed by atoms with Gasteiger partial charge in [-0.05, 0) is 35.6 Å². The molecule has 0 spiro atoms. The summed E-state index contributed by atoms with van der Waals surface area (Å²) in [5, 5.41) is 11.4. The first kappa shape index (κ1) is 15.5. The molecule has 0 bridgehead atoms. The van der Waals surface area contributed by atoms with Gasteiger partial charge in [-0.25, -0.2) is 0 Å². The Hall–Kier alpha value is -1.87. The molecular formula is C18H23NO2. The van der Waals surface area contributed by atoms with E-state index in [0.717, 1.165) is 16.9 Å². The second kappa shape index (κ2) is 5.86. The lowest BCUT2D eigenvalue weighted by Crippen LogP contribution is -2.32. The highest BCUT2D eigenvalue weighted by atomic mass is 16.5. The monoisotopic (exact) mass is 285 g/mol. The first-order valence-corrected chi connectivity index (χ1v) is 7.12. The number of hydrogen-bond donors (Lipinski definition) is 1. The maximum absolute atomic E-state index is 11.4. The van der Waals surface area contributed by atoms with Gasteiger partial charge in [0.1, 0.15) is 11.4 Å². The van der Waals surface area contributed by atoms with Gasteiger partial charge in [0.05, 0.1) is 7.11 Å². The third-order valence-corrected chi connectivity index (χ3v) is 3.49. The number of aromatic nitrogens is 1. The van der Waals surface area contributed by atoms with E-state index >= 15 is 0 Å². The lowest BCUT2D eigenvalue weighted by Gasteiger charge is -2.35. The highest BCUT2D eigenvalue weighted by Crippen LogP contribution is 2.40. The average molecular weight is 285 g/mol. The number of nitrogens with zero attached hydrogens (tertiary/aromatic N) is 1. The quantitative estimate of drug-likeness (QED) is 0.930. The van der Waals surface area contributed by atoms with Crippen LogP contribution in [0.5, 0.6) is 5.75 Å². The summed E-state index contributed by atoms with van der Waals surface area (Å²) in [6.45, 7) is 6.37. The van der Waals surface area contributed by atoms with E-state index in [1.165, 1.54) is 0 Å². The lowest BCUT2D eigenvalue weighted by atomic mass is 9.75. The number of ether oxygens (including phenoxy) is 1. The second-order valence-electron chi connectivity index (χ2n) is 6.57. The van der Waals surface area contributed by atoms with Crippen molar-refractivity contribution in [3.8, 4) is 5.75 Å². The van der Waals surface area contributed by atoms with Gasteiger partial charge < -0.3 is 9.84 Å².